The first-order valence-corrected chi connectivity index (χ1v) is 10.6. The van der Waals surface area contributed by atoms with E-state index in [1.54, 1.807) is 12.4 Å². The largest absolute Gasteiger partial charge is 0.378 e. The van der Waals surface area contributed by atoms with Crippen LogP contribution in [0.25, 0.3) is 21.9 Å². The van der Waals surface area contributed by atoms with E-state index in [-0.39, 0.29) is 24.5 Å². The predicted octanol–water partition coefficient (Wildman–Crippen LogP) is 3.95. The van der Waals surface area contributed by atoms with Crippen LogP contribution in [-0.2, 0) is 16.0 Å². The van der Waals surface area contributed by atoms with Gasteiger partial charge in [-0.15, -0.1) is 0 Å². The summed E-state index contributed by atoms with van der Waals surface area (Å²) in [5.41, 5.74) is 2.54. The molecular formula is C22H21ClN6O2. The summed E-state index contributed by atoms with van der Waals surface area (Å²) in [4.78, 5) is 30.2. The molecule has 2 atom stereocenters. The Kier molecular flexibility index (Phi) is 5.25. The first-order valence-electron chi connectivity index (χ1n) is 10.2. The van der Waals surface area contributed by atoms with Gasteiger partial charge in [0.25, 0.3) is 0 Å². The van der Waals surface area contributed by atoms with Crippen LogP contribution in [0.4, 0.5) is 5.82 Å². The predicted molar refractivity (Wildman–Crippen MR) is 118 cm³/mol. The van der Waals surface area contributed by atoms with Gasteiger partial charge in [-0.1, -0.05) is 11.6 Å². The molecule has 1 saturated heterocycles. The topological polar surface area (TPSA) is 94.8 Å². The van der Waals surface area contributed by atoms with Crippen molar-refractivity contribution in [3.05, 3.63) is 53.8 Å². The number of imidazole rings is 1. The molecule has 4 aromatic rings. The van der Waals surface area contributed by atoms with E-state index in [1.807, 2.05) is 18.2 Å². The molecule has 0 unspecified atom stereocenters. The Hall–Kier alpha value is -3.10. The Labute approximate surface area is 183 Å². The Morgan fingerprint density at radius 2 is 2.16 bits per heavy atom. The van der Waals surface area contributed by atoms with Crippen molar-refractivity contribution in [3.8, 4) is 0 Å². The number of aromatic nitrogens is 5. The minimum absolute atomic E-state index is 0.110. The van der Waals surface area contributed by atoms with Gasteiger partial charge >= 0.3 is 0 Å². The highest BCUT2D eigenvalue weighted by molar-refractivity contribution is 6.31. The normalized spacial score (nSPS) is 19.0. The summed E-state index contributed by atoms with van der Waals surface area (Å²) in [7, 11) is 0. The maximum absolute atomic E-state index is 12.8. The van der Waals surface area contributed by atoms with E-state index in [1.165, 1.54) is 12.4 Å². The van der Waals surface area contributed by atoms with Gasteiger partial charge in [0.1, 0.15) is 11.3 Å². The van der Waals surface area contributed by atoms with Crippen LogP contribution in [0.5, 0.6) is 0 Å². The third kappa shape index (κ3) is 3.96. The molecule has 5 rings (SSSR count). The van der Waals surface area contributed by atoms with Crippen LogP contribution in [-0.4, -0.2) is 43.1 Å². The van der Waals surface area contributed by atoms with Crippen molar-refractivity contribution in [1.82, 2.24) is 24.5 Å². The maximum atomic E-state index is 12.8. The molecule has 0 bridgehead atoms. The summed E-state index contributed by atoms with van der Waals surface area (Å²) in [5.74, 6) is 0.894. The minimum Gasteiger partial charge on any atom is -0.378 e. The molecule has 0 aliphatic carbocycles. The molecule has 9 heteroatoms. The second kappa shape index (κ2) is 8.20. The molecule has 1 aromatic carbocycles. The summed E-state index contributed by atoms with van der Waals surface area (Å²) < 4.78 is 7.95. The van der Waals surface area contributed by atoms with Crippen molar-refractivity contribution < 1.29 is 9.53 Å². The van der Waals surface area contributed by atoms with Crippen molar-refractivity contribution in [2.75, 3.05) is 11.9 Å². The molecule has 0 spiro atoms. The van der Waals surface area contributed by atoms with Gasteiger partial charge in [0.05, 0.1) is 36.0 Å². The number of amides is 1. The number of rotatable bonds is 4. The fourth-order valence-corrected chi connectivity index (χ4v) is 4.39. The molecule has 8 nitrogen and oxygen atoms in total. The Morgan fingerprint density at radius 1 is 1.26 bits per heavy atom. The lowest BCUT2D eigenvalue weighted by atomic mass is 10.0. The smallest absolute Gasteiger partial charge is 0.233 e. The number of halogens is 1. The Morgan fingerprint density at radius 3 is 2.97 bits per heavy atom. The number of benzene rings is 1. The zero-order valence-electron chi connectivity index (χ0n) is 17.0. The molecule has 1 amide bonds. The summed E-state index contributed by atoms with van der Waals surface area (Å²) in [6.45, 7) is 2.74. The molecule has 0 saturated carbocycles. The lowest BCUT2D eigenvalue weighted by Gasteiger charge is -2.30. The number of nitrogens with zero attached hydrogens (tertiary/aromatic N) is 5. The van der Waals surface area contributed by atoms with Gasteiger partial charge in [0.2, 0.25) is 5.91 Å². The fourth-order valence-electron chi connectivity index (χ4n) is 4.22. The quantitative estimate of drug-likeness (QED) is 0.520. The second-order valence-corrected chi connectivity index (χ2v) is 8.16. The molecular weight excluding hydrogens is 416 g/mol. The number of hydrogen-bond acceptors (Lipinski definition) is 6. The lowest BCUT2D eigenvalue weighted by Crippen LogP contribution is -2.27. The lowest BCUT2D eigenvalue weighted by molar-refractivity contribution is -0.115. The molecule has 1 aliphatic rings. The standard InChI is InChI=1S/C22H21ClN6O2/c1-13-8-15(4-7-31-13)29-20(10-21(30)28-19-12-24-5-6-25-19)27-18-11-26-17-3-2-14(23)9-16(17)22(18)29/h2-3,5-6,9,11-13,15H,4,7-8,10H2,1H3,(H,25,28,30)/t13-,15-/m1/s1. The maximum Gasteiger partial charge on any atom is 0.233 e. The van der Waals surface area contributed by atoms with Crippen molar-refractivity contribution in [2.45, 2.75) is 38.3 Å². The van der Waals surface area contributed by atoms with Gasteiger partial charge in [0.15, 0.2) is 5.82 Å². The highest BCUT2D eigenvalue weighted by Gasteiger charge is 2.27. The highest BCUT2D eigenvalue weighted by atomic mass is 35.5. The second-order valence-electron chi connectivity index (χ2n) is 7.73. The van der Waals surface area contributed by atoms with Gasteiger partial charge in [0, 0.05) is 35.5 Å². The highest BCUT2D eigenvalue weighted by Crippen LogP contribution is 2.34. The van der Waals surface area contributed by atoms with Gasteiger partial charge in [-0.25, -0.2) is 9.97 Å². The van der Waals surface area contributed by atoms with Gasteiger partial charge in [-0.2, -0.15) is 0 Å². The van der Waals surface area contributed by atoms with Crippen LogP contribution in [0.15, 0.2) is 43.0 Å². The van der Waals surface area contributed by atoms with E-state index in [4.69, 9.17) is 21.3 Å². The third-order valence-corrected chi connectivity index (χ3v) is 5.76. The van der Waals surface area contributed by atoms with E-state index in [2.05, 4.69) is 31.8 Å². The van der Waals surface area contributed by atoms with E-state index in [9.17, 15) is 4.79 Å². The molecule has 31 heavy (non-hydrogen) atoms. The van der Waals surface area contributed by atoms with Crippen LogP contribution in [0, 0.1) is 0 Å². The first-order chi connectivity index (χ1) is 15.1. The molecule has 158 valence electrons. The van der Waals surface area contributed by atoms with E-state index in [0.717, 1.165) is 34.8 Å². The van der Waals surface area contributed by atoms with Crippen molar-refractivity contribution in [3.63, 3.8) is 0 Å². The number of nitrogens with one attached hydrogen (secondary N) is 1. The zero-order valence-corrected chi connectivity index (χ0v) is 17.7. The van der Waals surface area contributed by atoms with Crippen LogP contribution in [0.2, 0.25) is 5.02 Å². The van der Waals surface area contributed by atoms with Crippen LogP contribution in [0.3, 0.4) is 0 Å². The average molecular weight is 437 g/mol. The monoisotopic (exact) mass is 436 g/mol. The number of anilines is 1. The molecule has 1 N–H and O–H groups in total. The fraction of sp³-hybridized carbons (Fsp3) is 0.318. The van der Waals surface area contributed by atoms with Crippen LogP contribution in [0.1, 0.15) is 31.6 Å². The first kappa shape index (κ1) is 19.8. The molecule has 3 aromatic heterocycles. The van der Waals surface area contributed by atoms with E-state index < -0.39 is 0 Å². The number of hydrogen-bond donors (Lipinski definition) is 1. The van der Waals surface area contributed by atoms with E-state index in [0.29, 0.717) is 23.3 Å². The van der Waals surface area contributed by atoms with Gasteiger partial charge in [-0.3, -0.25) is 14.8 Å². The Balaban J connectivity index is 1.61. The van der Waals surface area contributed by atoms with Crippen LogP contribution >= 0.6 is 11.6 Å². The van der Waals surface area contributed by atoms with Crippen LogP contribution < -0.4 is 5.32 Å². The molecule has 4 heterocycles. The molecule has 1 fully saturated rings. The number of ether oxygens (including phenoxy) is 1. The van der Waals surface area contributed by atoms with Gasteiger partial charge in [-0.05, 0) is 38.0 Å². The Bertz CT molecular complexity index is 1260. The number of carbonyl (C=O) groups is 1. The molecule has 0 radical (unpaired) electrons. The number of pyridine rings is 1. The number of carbonyl (C=O) groups excluding carboxylic acids is 1. The summed E-state index contributed by atoms with van der Waals surface area (Å²) in [6, 6.07) is 5.81. The van der Waals surface area contributed by atoms with Crippen molar-refractivity contribution in [1.29, 1.82) is 0 Å². The van der Waals surface area contributed by atoms with Crippen molar-refractivity contribution >= 4 is 45.3 Å². The average Bonchev–Trinajstić information content (AvgIpc) is 3.12. The molecule has 1 aliphatic heterocycles. The summed E-state index contributed by atoms with van der Waals surface area (Å²) >= 11 is 6.31. The van der Waals surface area contributed by atoms with Gasteiger partial charge < -0.3 is 14.6 Å². The zero-order chi connectivity index (χ0) is 21.4. The number of fused-ring (bicyclic) bond motifs is 3. The minimum atomic E-state index is -0.201. The summed E-state index contributed by atoms with van der Waals surface area (Å²) in [6.07, 6.45) is 8.30. The van der Waals surface area contributed by atoms with E-state index >= 15 is 0 Å². The SMILES string of the molecule is C[C@@H]1C[C@H](n2c(CC(=O)Nc3cnccn3)nc3cnc4ccc(Cl)cc4c32)CCO1. The summed E-state index contributed by atoms with van der Waals surface area (Å²) in [5, 5.41) is 4.36. The third-order valence-electron chi connectivity index (χ3n) is 5.52. The van der Waals surface area contributed by atoms with Crippen molar-refractivity contribution in [2.24, 2.45) is 0 Å².